The number of allylic oxidation sites excluding steroid dienone is 1. The molecule has 0 aromatic heterocycles. The van der Waals surface area contributed by atoms with Crippen LogP contribution in [0.15, 0.2) is 11.1 Å². The summed E-state index contributed by atoms with van der Waals surface area (Å²) in [6, 6.07) is 0. The molecular formula is C6H18B4ClF4NO8S. The zero-order chi connectivity index (χ0) is 21.2. The van der Waals surface area contributed by atoms with Gasteiger partial charge in [0.15, 0.2) is 4.83 Å². The first kappa shape index (κ1) is 32.5. The summed E-state index contributed by atoms with van der Waals surface area (Å²) in [6.07, 6.45) is 0. The number of thioether (sulfide) groups is 1. The molecule has 0 bridgehead atoms. The zero-order valence-electron chi connectivity index (χ0n) is 13.0. The molecule has 0 radical (unpaired) electrons. The van der Waals surface area contributed by atoms with Crippen LogP contribution in [0.25, 0.3) is 0 Å². The van der Waals surface area contributed by atoms with Gasteiger partial charge in [-0.1, -0.05) is 23.4 Å². The fraction of sp³-hybridized carbons (Fsp3) is 0.667. The third-order valence-corrected chi connectivity index (χ3v) is 2.89. The Bertz CT molecular complexity index is 281. The number of nitrogens with zero attached hydrogens (tertiary/aromatic N) is 1. The largest absolute Gasteiger partial charge is 0.674 e. The highest BCUT2D eigenvalue weighted by Gasteiger charge is 2.19. The van der Waals surface area contributed by atoms with Crippen LogP contribution in [0.2, 0.25) is 0 Å². The predicted molar refractivity (Wildman–Crippen MR) is 88.6 cm³/mol. The second-order valence-corrected chi connectivity index (χ2v) is 4.84. The van der Waals surface area contributed by atoms with E-state index >= 15 is 0 Å². The molecule has 25 heavy (non-hydrogen) atoms. The highest BCUT2D eigenvalue weighted by molar-refractivity contribution is 8.04. The van der Waals surface area contributed by atoms with Crippen LogP contribution in [-0.4, -0.2) is 86.1 Å². The number of alkyl halides is 1. The van der Waals surface area contributed by atoms with Gasteiger partial charge in [-0.05, 0) is 19.3 Å². The standard InChI is InChI=1S/C6H10ClNS.4BFH2O2/c1-3-8-5(2)4-9-6(8)7;4*2-1(3)4/h4,6H,3H2,1-2H3;4*3-4H. The van der Waals surface area contributed by atoms with Gasteiger partial charge < -0.3 is 45.1 Å². The smallest absolute Gasteiger partial charge is 0.398 e. The first-order valence-corrected chi connectivity index (χ1v) is 7.30. The Labute approximate surface area is 152 Å². The average molecular weight is 419 g/mol. The van der Waals surface area contributed by atoms with Crippen molar-refractivity contribution in [3.63, 3.8) is 0 Å². The van der Waals surface area contributed by atoms with E-state index in [4.69, 9.17) is 51.8 Å². The van der Waals surface area contributed by atoms with E-state index in [-0.39, 0.29) is 4.83 Å². The first-order valence-electron chi connectivity index (χ1n) is 5.92. The fourth-order valence-electron chi connectivity index (χ4n) is 0.849. The lowest BCUT2D eigenvalue weighted by Crippen LogP contribution is -2.22. The Hall–Kier alpha value is -0.160. The van der Waals surface area contributed by atoms with E-state index in [1.165, 1.54) is 5.70 Å². The van der Waals surface area contributed by atoms with E-state index in [9.17, 15) is 17.3 Å². The second kappa shape index (κ2) is 21.9. The molecule has 0 saturated heterocycles. The molecule has 1 atom stereocenters. The number of rotatable bonds is 1. The molecule has 1 aliphatic heterocycles. The van der Waals surface area contributed by atoms with Gasteiger partial charge in [0.25, 0.3) is 0 Å². The molecule has 0 amide bonds. The van der Waals surface area contributed by atoms with Gasteiger partial charge in [-0.15, -0.1) is 0 Å². The predicted octanol–water partition coefficient (Wildman–Crippen LogP) is -1.86. The molecule has 1 heterocycles. The molecule has 0 fully saturated rings. The normalized spacial score (nSPS) is 14.0. The lowest BCUT2D eigenvalue weighted by atomic mass is 10.3. The van der Waals surface area contributed by atoms with Crippen LogP contribution in [0, 0.1) is 0 Å². The number of hydrogen-bond donors (Lipinski definition) is 8. The Kier molecular flexibility index (Phi) is 28.5. The molecule has 1 rings (SSSR count). The fourth-order valence-corrected chi connectivity index (χ4v) is 2.20. The summed E-state index contributed by atoms with van der Waals surface area (Å²) in [6.45, 7) is 5.20. The summed E-state index contributed by atoms with van der Waals surface area (Å²) in [7, 11) is -10.7. The summed E-state index contributed by atoms with van der Waals surface area (Å²) in [4.78, 5) is 2.29. The Morgan fingerprint density at radius 2 is 1.16 bits per heavy atom. The molecule has 9 nitrogen and oxygen atoms in total. The maximum absolute atomic E-state index is 10.1. The molecule has 0 saturated carbocycles. The van der Waals surface area contributed by atoms with Gasteiger partial charge >= 0.3 is 29.6 Å². The quantitative estimate of drug-likeness (QED) is 0.105. The Balaban J connectivity index is -0.000000119. The van der Waals surface area contributed by atoms with Gasteiger partial charge in [-0.25, -0.2) is 0 Å². The third kappa shape index (κ3) is 51.6. The molecule has 1 unspecified atom stereocenters. The third-order valence-electron chi connectivity index (χ3n) is 1.39. The van der Waals surface area contributed by atoms with Gasteiger partial charge in [0, 0.05) is 12.2 Å². The SMILES string of the molecule is CCN1C(C)=CSC1Cl.OB(O)F.OB(O)F.OB(O)F.OB(O)F. The van der Waals surface area contributed by atoms with Crippen molar-refractivity contribution in [3.05, 3.63) is 11.1 Å². The lowest BCUT2D eigenvalue weighted by molar-refractivity contribution is 0.338. The lowest BCUT2D eigenvalue weighted by Gasteiger charge is -2.20. The van der Waals surface area contributed by atoms with Crippen molar-refractivity contribution < 1.29 is 57.5 Å². The summed E-state index contributed by atoms with van der Waals surface area (Å²) in [5, 5.41) is 57.7. The minimum absolute atomic E-state index is 0.134. The van der Waals surface area contributed by atoms with Gasteiger partial charge in [0.1, 0.15) is 0 Å². The average Bonchev–Trinajstić information content (AvgIpc) is 2.65. The maximum Gasteiger partial charge on any atom is 0.674 e. The Morgan fingerprint density at radius 1 is 0.920 bits per heavy atom. The van der Waals surface area contributed by atoms with E-state index in [2.05, 4.69) is 24.2 Å². The van der Waals surface area contributed by atoms with Crippen LogP contribution in [0.5, 0.6) is 0 Å². The van der Waals surface area contributed by atoms with Crippen LogP contribution in [0.1, 0.15) is 13.8 Å². The van der Waals surface area contributed by atoms with Crippen LogP contribution in [0.3, 0.4) is 0 Å². The van der Waals surface area contributed by atoms with Crippen molar-refractivity contribution in [2.45, 2.75) is 18.7 Å². The van der Waals surface area contributed by atoms with E-state index in [1.807, 2.05) is 0 Å². The number of hydrogen-bond acceptors (Lipinski definition) is 10. The minimum Gasteiger partial charge on any atom is -0.398 e. The summed E-state index contributed by atoms with van der Waals surface area (Å²) in [5.74, 6) is 0. The molecule has 0 spiro atoms. The molecule has 0 aromatic rings. The summed E-state index contributed by atoms with van der Waals surface area (Å²) < 4.78 is 40.4. The van der Waals surface area contributed by atoms with E-state index in [0.29, 0.717) is 0 Å². The van der Waals surface area contributed by atoms with Gasteiger partial charge in [0.05, 0.1) is 0 Å². The first-order chi connectivity index (χ1) is 11.2. The van der Waals surface area contributed by atoms with E-state index in [1.54, 1.807) is 11.8 Å². The van der Waals surface area contributed by atoms with Crippen LogP contribution < -0.4 is 0 Å². The van der Waals surface area contributed by atoms with Crippen LogP contribution in [-0.2, 0) is 0 Å². The van der Waals surface area contributed by atoms with E-state index in [0.717, 1.165) is 6.54 Å². The molecular weight excluding hydrogens is 401 g/mol. The van der Waals surface area contributed by atoms with Crippen LogP contribution >= 0.6 is 23.4 Å². The molecule has 0 aliphatic carbocycles. The molecule has 148 valence electrons. The van der Waals surface area contributed by atoms with Crippen molar-refractivity contribution >= 4 is 52.9 Å². The monoisotopic (exact) mass is 419 g/mol. The van der Waals surface area contributed by atoms with Crippen molar-refractivity contribution in [2.24, 2.45) is 0 Å². The van der Waals surface area contributed by atoms with Crippen LogP contribution in [0.4, 0.5) is 17.3 Å². The van der Waals surface area contributed by atoms with Gasteiger partial charge in [0.2, 0.25) is 0 Å². The maximum atomic E-state index is 10.1. The van der Waals surface area contributed by atoms with Gasteiger partial charge in [-0.3, -0.25) is 17.3 Å². The number of halogens is 5. The highest BCUT2D eigenvalue weighted by Crippen LogP contribution is 2.32. The van der Waals surface area contributed by atoms with E-state index < -0.39 is 29.6 Å². The second-order valence-electron chi connectivity index (χ2n) is 3.22. The minimum atomic E-state index is -2.67. The topological polar surface area (TPSA) is 165 Å². The summed E-state index contributed by atoms with van der Waals surface area (Å²) in [5.41, 5.74) is 1.28. The van der Waals surface area contributed by atoms with Crippen molar-refractivity contribution in [2.75, 3.05) is 6.54 Å². The zero-order valence-corrected chi connectivity index (χ0v) is 14.6. The molecule has 19 heteroatoms. The van der Waals surface area contributed by atoms with Crippen molar-refractivity contribution in [3.8, 4) is 0 Å². The van der Waals surface area contributed by atoms with Crippen molar-refractivity contribution in [1.29, 1.82) is 0 Å². The van der Waals surface area contributed by atoms with Gasteiger partial charge in [-0.2, -0.15) is 0 Å². The van der Waals surface area contributed by atoms with Crippen molar-refractivity contribution in [1.82, 2.24) is 4.90 Å². The summed E-state index contributed by atoms with van der Waals surface area (Å²) >= 11 is 7.58. The highest BCUT2D eigenvalue weighted by atomic mass is 35.5. The Morgan fingerprint density at radius 3 is 1.24 bits per heavy atom. The molecule has 1 aliphatic rings. The molecule has 8 N–H and O–H groups in total. The molecule has 0 aromatic carbocycles.